The maximum absolute atomic E-state index is 13.3. The van der Waals surface area contributed by atoms with Crippen molar-refractivity contribution in [3.8, 4) is 22.7 Å². The van der Waals surface area contributed by atoms with Crippen LogP contribution in [0.1, 0.15) is 57.8 Å². The van der Waals surface area contributed by atoms with Crippen LogP contribution in [0.2, 0.25) is 0 Å². The van der Waals surface area contributed by atoms with Crippen molar-refractivity contribution in [2.75, 3.05) is 10.6 Å². The van der Waals surface area contributed by atoms with Gasteiger partial charge in [0.2, 0.25) is 11.7 Å². The zero-order valence-corrected chi connectivity index (χ0v) is 24.5. The lowest BCUT2D eigenvalue weighted by Gasteiger charge is -2.31. The van der Waals surface area contributed by atoms with E-state index in [1.165, 1.54) is 0 Å². The molecular weight excluding hydrogens is 534 g/mol. The van der Waals surface area contributed by atoms with Gasteiger partial charge in [-0.1, -0.05) is 18.0 Å². The second-order valence-electron chi connectivity index (χ2n) is 11.5. The molecule has 2 atom stereocenters. The van der Waals surface area contributed by atoms with Crippen LogP contribution in [0.25, 0.3) is 22.7 Å². The van der Waals surface area contributed by atoms with Crippen molar-refractivity contribution >= 4 is 29.1 Å². The van der Waals surface area contributed by atoms with Gasteiger partial charge in [0.15, 0.2) is 0 Å². The Hall–Kier alpha value is -4.67. The molecule has 0 aliphatic heterocycles. The fourth-order valence-corrected chi connectivity index (χ4v) is 5.05. The topological polar surface area (TPSA) is 145 Å². The molecule has 4 aromatic rings. The maximum atomic E-state index is 13.3. The number of aromatic nitrogens is 5. The first-order valence-corrected chi connectivity index (χ1v) is 14.1. The summed E-state index contributed by atoms with van der Waals surface area (Å²) in [6.45, 7) is 9.14. The van der Waals surface area contributed by atoms with Gasteiger partial charge in [-0.15, -0.1) is 0 Å². The quantitative estimate of drug-likeness (QED) is 0.253. The molecule has 42 heavy (non-hydrogen) atoms. The summed E-state index contributed by atoms with van der Waals surface area (Å²) in [7, 11) is 0. The number of nitrogens with one attached hydrogen (secondary N) is 2. The SMILES string of the molecule is Cc1nc(-c2onc(C)c2Nc2cncc(-c3cccnc3)n2)ccc1NC(=O)[C@H]1CCCC[C@@H]1C(=O)OC(C)(C)C. The van der Waals surface area contributed by atoms with Gasteiger partial charge in [-0.3, -0.25) is 19.6 Å². The summed E-state index contributed by atoms with van der Waals surface area (Å²) in [5.41, 5.74) is 3.85. The van der Waals surface area contributed by atoms with E-state index >= 15 is 0 Å². The molecule has 1 fully saturated rings. The number of anilines is 3. The van der Waals surface area contributed by atoms with Crippen molar-refractivity contribution in [2.24, 2.45) is 11.8 Å². The molecule has 0 spiro atoms. The van der Waals surface area contributed by atoms with E-state index in [1.807, 2.05) is 46.8 Å². The van der Waals surface area contributed by atoms with Crippen molar-refractivity contribution in [1.82, 2.24) is 25.1 Å². The highest BCUT2D eigenvalue weighted by atomic mass is 16.6. The van der Waals surface area contributed by atoms with Gasteiger partial charge in [-0.2, -0.15) is 0 Å². The molecule has 11 nitrogen and oxygen atoms in total. The van der Waals surface area contributed by atoms with Crippen LogP contribution in [0.5, 0.6) is 0 Å². The van der Waals surface area contributed by atoms with Crippen LogP contribution in [0.3, 0.4) is 0 Å². The first kappa shape index (κ1) is 28.8. The lowest BCUT2D eigenvalue weighted by Crippen LogP contribution is -2.39. The molecular formula is C31H35N7O4. The van der Waals surface area contributed by atoms with Crippen molar-refractivity contribution in [3.63, 3.8) is 0 Å². The van der Waals surface area contributed by atoms with E-state index in [0.717, 1.165) is 18.4 Å². The number of carbonyl (C=O) groups is 2. The second-order valence-corrected chi connectivity index (χ2v) is 11.5. The maximum Gasteiger partial charge on any atom is 0.310 e. The van der Waals surface area contributed by atoms with Gasteiger partial charge in [-0.25, -0.2) is 9.97 Å². The van der Waals surface area contributed by atoms with Crippen LogP contribution < -0.4 is 10.6 Å². The molecule has 4 aromatic heterocycles. The van der Waals surface area contributed by atoms with Crippen molar-refractivity contribution in [2.45, 2.75) is 65.9 Å². The molecule has 0 unspecified atom stereocenters. The van der Waals surface area contributed by atoms with Gasteiger partial charge in [0.05, 0.1) is 41.3 Å². The number of nitrogens with zero attached hydrogens (tertiary/aromatic N) is 5. The monoisotopic (exact) mass is 569 g/mol. The summed E-state index contributed by atoms with van der Waals surface area (Å²) in [5, 5.41) is 10.4. The molecule has 1 aliphatic carbocycles. The highest BCUT2D eigenvalue weighted by Gasteiger charge is 2.38. The Labute approximate surface area is 244 Å². The molecule has 4 heterocycles. The summed E-state index contributed by atoms with van der Waals surface area (Å²) < 4.78 is 11.3. The fraction of sp³-hybridized carbons (Fsp3) is 0.387. The van der Waals surface area contributed by atoms with Crippen LogP contribution >= 0.6 is 0 Å². The average molecular weight is 570 g/mol. The minimum atomic E-state index is -0.604. The van der Waals surface area contributed by atoms with Crippen molar-refractivity contribution < 1.29 is 18.8 Å². The van der Waals surface area contributed by atoms with Crippen LogP contribution in [0, 0.1) is 25.7 Å². The Morgan fingerprint density at radius 3 is 2.43 bits per heavy atom. The Morgan fingerprint density at radius 1 is 0.929 bits per heavy atom. The van der Waals surface area contributed by atoms with Crippen LogP contribution in [0.4, 0.5) is 17.2 Å². The zero-order valence-electron chi connectivity index (χ0n) is 24.5. The number of hydrogen-bond acceptors (Lipinski definition) is 10. The molecule has 1 amide bonds. The van der Waals surface area contributed by atoms with Gasteiger partial charge in [-0.05, 0) is 71.7 Å². The minimum Gasteiger partial charge on any atom is -0.460 e. The highest BCUT2D eigenvalue weighted by molar-refractivity contribution is 5.96. The second kappa shape index (κ2) is 12.1. The first-order valence-electron chi connectivity index (χ1n) is 14.1. The molecule has 11 heteroatoms. The van der Waals surface area contributed by atoms with E-state index < -0.39 is 17.4 Å². The number of ether oxygens (including phenoxy) is 1. The molecule has 0 radical (unpaired) electrons. The number of rotatable bonds is 7. The summed E-state index contributed by atoms with van der Waals surface area (Å²) in [4.78, 5) is 44.0. The molecule has 5 rings (SSSR count). The molecule has 0 saturated heterocycles. The number of amides is 1. The number of esters is 1. The fourth-order valence-electron chi connectivity index (χ4n) is 5.05. The Balaban J connectivity index is 1.33. The van der Waals surface area contributed by atoms with Crippen LogP contribution in [-0.4, -0.2) is 42.6 Å². The van der Waals surface area contributed by atoms with E-state index in [0.29, 0.717) is 58.6 Å². The number of carbonyl (C=O) groups excluding carboxylic acids is 2. The Morgan fingerprint density at radius 2 is 1.71 bits per heavy atom. The zero-order chi connectivity index (χ0) is 29.9. The standard InChI is InChI=1S/C31H35N7O4/c1-18-23(36-29(39)21-10-6-7-11-22(21)30(40)41-31(3,4)5)12-13-24(34-18)28-27(19(2)38-42-28)37-26-17-33-16-25(35-26)20-9-8-14-32-15-20/h8-9,12-17,21-22H,6-7,10-11H2,1-5H3,(H,35,37)(H,36,39)/t21-,22-/m0/s1. The largest absolute Gasteiger partial charge is 0.460 e. The molecule has 2 N–H and O–H groups in total. The van der Waals surface area contributed by atoms with Crippen molar-refractivity contribution in [3.05, 3.63) is 60.4 Å². The van der Waals surface area contributed by atoms with Gasteiger partial charge < -0.3 is 19.9 Å². The lowest BCUT2D eigenvalue weighted by molar-refractivity contribution is -0.164. The van der Waals surface area contributed by atoms with E-state index in [4.69, 9.17) is 14.2 Å². The molecule has 1 aliphatic rings. The summed E-state index contributed by atoms with van der Waals surface area (Å²) >= 11 is 0. The molecule has 0 aromatic carbocycles. The van der Waals surface area contributed by atoms with Crippen LogP contribution in [-0.2, 0) is 14.3 Å². The molecule has 0 bridgehead atoms. The predicted octanol–water partition coefficient (Wildman–Crippen LogP) is 6.04. The number of hydrogen-bond donors (Lipinski definition) is 2. The smallest absolute Gasteiger partial charge is 0.310 e. The normalized spacial score (nSPS) is 17.0. The predicted molar refractivity (Wildman–Crippen MR) is 158 cm³/mol. The van der Waals surface area contributed by atoms with Gasteiger partial charge in [0, 0.05) is 18.0 Å². The lowest BCUT2D eigenvalue weighted by atomic mass is 9.78. The van der Waals surface area contributed by atoms with E-state index in [1.54, 1.807) is 36.9 Å². The van der Waals surface area contributed by atoms with E-state index in [9.17, 15) is 9.59 Å². The van der Waals surface area contributed by atoms with E-state index in [-0.39, 0.29) is 11.9 Å². The third-order valence-electron chi connectivity index (χ3n) is 7.10. The Bertz CT molecular complexity index is 1580. The average Bonchev–Trinajstić information content (AvgIpc) is 3.33. The number of pyridine rings is 2. The summed E-state index contributed by atoms with van der Waals surface area (Å²) in [5.74, 6) is -0.493. The van der Waals surface area contributed by atoms with Gasteiger partial charge >= 0.3 is 5.97 Å². The third kappa shape index (κ3) is 6.62. The van der Waals surface area contributed by atoms with Gasteiger partial charge in [0.1, 0.15) is 28.5 Å². The van der Waals surface area contributed by atoms with Gasteiger partial charge in [0.25, 0.3) is 0 Å². The highest BCUT2D eigenvalue weighted by Crippen LogP contribution is 2.35. The minimum absolute atomic E-state index is 0.201. The Kier molecular flexibility index (Phi) is 8.28. The molecule has 218 valence electrons. The van der Waals surface area contributed by atoms with E-state index in [2.05, 4.69) is 30.7 Å². The summed E-state index contributed by atoms with van der Waals surface area (Å²) in [6.07, 6.45) is 9.78. The first-order chi connectivity index (χ1) is 20.1. The van der Waals surface area contributed by atoms with Crippen LogP contribution in [0.15, 0.2) is 53.6 Å². The third-order valence-corrected chi connectivity index (χ3v) is 7.10. The molecule has 1 saturated carbocycles. The van der Waals surface area contributed by atoms with Crippen molar-refractivity contribution in [1.29, 1.82) is 0 Å². The summed E-state index contributed by atoms with van der Waals surface area (Å²) in [6, 6.07) is 7.30. The number of aryl methyl sites for hydroxylation is 2.